The first-order valence-electron chi connectivity index (χ1n) is 7.52. The molecule has 0 bridgehead atoms. The third-order valence-corrected chi connectivity index (χ3v) is 3.96. The number of aliphatic hydroxyl groups is 1. The van der Waals surface area contributed by atoms with Crippen LogP contribution in [-0.4, -0.2) is 39.0 Å². The van der Waals surface area contributed by atoms with Crippen molar-refractivity contribution in [2.75, 3.05) is 18.0 Å². The number of fused-ring (bicyclic) bond motifs is 1. The van der Waals surface area contributed by atoms with Gasteiger partial charge in [0.15, 0.2) is 0 Å². The second-order valence-electron chi connectivity index (χ2n) is 5.78. The Morgan fingerprint density at radius 2 is 2.17 bits per heavy atom. The summed E-state index contributed by atoms with van der Waals surface area (Å²) < 4.78 is 28.7. The molecule has 1 aromatic heterocycles. The lowest BCUT2D eigenvalue weighted by atomic mass is 10.0. The Morgan fingerprint density at radius 1 is 1.38 bits per heavy atom. The van der Waals surface area contributed by atoms with Gasteiger partial charge in [0, 0.05) is 19.2 Å². The van der Waals surface area contributed by atoms with Gasteiger partial charge in [-0.3, -0.25) is 14.8 Å². The van der Waals surface area contributed by atoms with Gasteiger partial charge in [-0.15, -0.1) is 0 Å². The maximum Gasteiger partial charge on any atom is 0.306 e. The number of anilines is 1. The van der Waals surface area contributed by atoms with Crippen molar-refractivity contribution in [1.82, 2.24) is 9.78 Å². The number of hydrogen-bond acceptors (Lipinski definition) is 5. The predicted molar refractivity (Wildman–Crippen MR) is 81.8 cm³/mol. The van der Waals surface area contributed by atoms with Crippen LogP contribution in [0, 0.1) is 21.7 Å². The SMILES string of the molecule is O=[N+]([O-])c1cnn(C[C@H](O)CN2CCCc3cc(F)cc(F)c32)c1. The number of nitro groups is 1. The molecular weight excluding hydrogens is 322 g/mol. The number of aryl methyl sites for hydroxylation is 1. The second kappa shape index (κ2) is 6.52. The zero-order chi connectivity index (χ0) is 17.3. The van der Waals surface area contributed by atoms with E-state index in [0.717, 1.165) is 18.7 Å². The van der Waals surface area contributed by atoms with Crippen molar-refractivity contribution in [3.8, 4) is 0 Å². The molecule has 2 aromatic rings. The van der Waals surface area contributed by atoms with E-state index < -0.39 is 22.7 Å². The predicted octanol–water partition coefficient (Wildman–Crippen LogP) is 1.88. The molecule has 0 saturated carbocycles. The molecule has 7 nitrogen and oxygen atoms in total. The molecule has 0 amide bonds. The minimum absolute atomic E-state index is 0.0441. The quantitative estimate of drug-likeness (QED) is 0.665. The van der Waals surface area contributed by atoms with Gasteiger partial charge >= 0.3 is 5.69 Å². The minimum atomic E-state index is -0.903. The summed E-state index contributed by atoms with van der Waals surface area (Å²) in [5.74, 6) is -1.26. The lowest BCUT2D eigenvalue weighted by Crippen LogP contribution is -2.38. The van der Waals surface area contributed by atoms with Crippen molar-refractivity contribution >= 4 is 11.4 Å². The van der Waals surface area contributed by atoms with Crippen LogP contribution in [0.3, 0.4) is 0 Å². The first-order valence-corrected chi connectivity index (χ1v) is 7.52. The third kappa shape index (κ3) is 3.35. The Morgan fingerprint density at radius 3 is 2.88 bits per heavy atom. The number of aromatic nitrogens is 2. The van der Waals surface area contributed by atoms with Gasteiger partial charge in [0.25, 0.3) is 0 Å². The number of hydrogen-bond donors (Lipinski definition) is 1. The molecule has 0 aliphatic carbocycles. The van der Waals surface area contributed by atoms with E-state index in [2.05, 4.69) is 5.10 Å². The fourth-order valence-electron chi connectivity index (χ4n) is 2.99. The number of aliphatic hydroxyl groups excluding tert-OH is 1. The summed E-state index contributed by atoms with van der Waals surface area (Å²) in [5, 5.41) is 24.7. The van der Waals surface area contributed by atoms with E-state index in [-0.39, 0.29) is 18.8 Å². The molecule has 128 valence electrons. The zero-order valence-corrected chi connectivity index (χ0v) is 12.7. The van der Waals surface area contributed by atoms with Crippen molar-refractivity contribution in [1.29, 1.82) is 0 Å². The molecule has 0 saturated heterocycles. The van der Waals surface area contributed by atoms with E-state index >= 15 is 0 Å². The molecule has 2 heterocycles. The van der Waals surface area contributed by atoms with Crippen molar-refractivity contribution in [3.05, 3.63) is 51.8 Å². The molecule has 0 spiro atoms. The number of β-amino-alcohol motifs (C(OH)–C–C–N with tert-alkyl or cyclic N) is 1. The highest BCUT2D eigenvalue weighted by molar-refractivity contribution is 5.57. The van der Waals surface area contributed by atoms with E-state index in [9.17, 15) is 24.0 Å². The largest absolute Gasteiger partial charge is 0.389 e. The molecule has 3 rings (SSSR count). The molecule has 9 heteroatoms. The van der Waals surface area contributed by atoms with E-state index in [1.54, 1.807) is 4.90 Å². The van der Waals surface area contributed by atoms with Crippen molar-refractivity contribution < 1.29 is 18.8 Å². The summed E-state index contributed by atoms with van der Waals surface area (Å²) in [6, 6.07) is 2.15. The van der Waals surface area contributed by atoms with Gasteiger partial charge in [0.2, 0.25) is 0 Å². The Bertz CT molecular complexity index is 765. The molecule has 1 atom stereocenters. The summed E-state index contributed by atoms with van der Waals surface area (Å²) >= 11 is 0. The fraction of sp³-hybridized carbons (Fsp3) is 0.400. The van der Waals surface area contributed by atoms with Crippen LogP contribution in [-0.2, 0) is 13.0 Å². The third-order valence-electron chi connectivity index (χ3n) is 3.96. The smallest absolute Gasteiger partial charge is 0.306 e. The average molecular weight is 338 g/mol. The van der Waals surface area contributed by atoms with Crippen LogP contribution in [0.25, 0.3) is 0 Å². The van der Waals surface area contributed by atoms with Crippen LogP contribution < -0.4 is 4.90 Å². The highest BCUT2D eigenvalue weighted by Gasteiger charge is 2.24. The van der Waals surface area contributed by atoms with Gasteiger partial charge in [-0.05, 0) is 24.5 Å². The van der Waals surface area contributed by atoms with Crippen LogP contribution in [0.2, 0.25) is 0 Å². The van der Waals surface area contributed by atoms with E-state index in [1.165, 1.54) is 16.9 Å². The van der Waals surface area contributed by atoms with Gasteiger partial charge in [0.05, 0.1) is 23.3 Å². The molecule has 0 radical (unpaired) electrons. The Labute approximate surface area is 136 Å². The molecule has 0 fully saturated rings. The summed E-state index contributed by atoms with van der Waals surface area (Å²) in [6.07, 6.45) is 2.74. The van der Waals surface area contributed by atoms with E-state index in [4.69, 9.17) is 0 Å². The Hall–Kier alpha value is -2.55. The highest BCUT2D eigenvalue weighted by Crippen LogP contribution is 2.31. The average Bonchev–Trinajstić information content (AvgIpc) is 2.95. The van der Waals surface area contributed by atoms with Gasteiger partial charge in [-0.25, -0.2) is 8.78 Å². The second-order valence-corrected chi connectivity index (χ2v) is 5.78. The van der Waals surface area contributed by atoms with Gasteiger partial charge in [-0.2, -0.15) is 5.10 Å². The number of benzene rings is 1. The maximum atomic E-state index is 14.1. The highest BCUT2D eigenvalue weighted by atomic mass is 19.1. The normalized spacial score (nSPS) is 15.2. The monoisotopic (exact) mass is 338 g/mol. The van der Waals surface area contributed by atoms with Crippen molar-refractivity contribution in [2.24, 2.45) is 0 Å². The first kappa shape index (κ1) is 16.3. The molecule has 24 heavy (non-hydrogen) atoms. The van der Waals surface area contributed by atoms with Gasteiger partial charge in [0.1, 0.15) is 24.0 Å². The van der Waals surface area contributed by atoms with E-state index in [0.29, 0.717) is 24.2 Å². The first-order chi connectivity index (χ1) is 11.4. The van der Waals surface area contributed by atoms with Crippen molar-refractivity contribution in [3.63, 3.8) is 0 Å². The molecular formula is C15H16F2N4O3. The summed E-state index contributed by atoms with van der Waals surface area (Å²) in [5.41, 5.74) is 0.737. The Balaban J connectivity index is 1.71. The minimum Gasteiger partial charge on any atom is -0.389 e. The Kier molecular flexibility index (Phi) is 4.43. The lowest BCUT2D eigenvalue weighted by Gasteiger charge is -2.33. The number of halogens is 2. The molecule has 1 N–H and O–H groups in total. The zero-order valence-electron chi connectivity index (χ0n) is 12.7. The molecule has 1 aliphatic heterocycles. The lowest BCUT2D eigenvalue weighted by molar-refractivity contribution is -0.385. The van der Waals surface area contributed by atoms with Gasteiger partial charge in [-0.1, -0.05) is 0 Å². The summed E-state index contributed by atoms with van der Waals surface area (Å²) in [4.78, 5) is 11.7. The topological polar surface area (TPSA) is 84.4 Å². The van der Waals surface area contributed by atoms with E-state index in [1.807, 2.05) is 0 Å². The number of rotatable bonds is 5. The van der Waals surface area contributed by atoms with Crippen LogP contribution >= 0.6 is 0 Å². The fourth-order valence-corrected chi connectivity index (χ4v) is 2.99. The van der Waals surface area contributed by atoms with Gasteiger partial charge < -0.3 is 10.0 Å². The van der Waals surface area contributed by atoms with Crippen LogP contribution in [0.4, 0.5) is 20.2 Å². The van der Waals surface area contributed by atoms with Crippen LogP contribution in [0.1, 0.15) is 12.0 Å². The summed E-state index contributed by atoms with van der Waals surface area (Å²) in [7, 11) is 0. The molecule has 1 aliphatic rings. The van der Waals surface area contributed by atoms with Crippen LogP contribution in [0.15, 0.2) is 24.5 Å². The number of nitrogens with zero attached hydrogens (tertiary/aromatic N) is 4. The standard InChI is InChI=1S/C15H16F2N4O3/c16-11-4-10-2-1-3-19(15(10)14(17)5-11)8-13(22)9-20-7-12(6-18-20)21(23)24/h4-7,13,22H,1-3,8-9H2/t13-/m1/s1. The summed E-state index contributed by atoms with van der Waals surface area (Å²) in [6.45, 7) is 0.720. The molecule has 1 aromatic carbocycles. The maximum absolute atomic E-state index is 14.1. The molecule has 0 unspecified atom stereocenters. The van der Waals surface area contributed by atoms with Crippen LogP contribution in [0.5, 0.6) is 0 Å². The van der Waals surface area contributed by atoms with Crippen molar-refractivity contribution in [2.45, 2.75) is 25.5 Å².